The molecule has 0 aliphatic rings. The molecule has 134 valence electrons. The number of ether oxygens (including phenoxy) is 1. The standard InChI is InChI=1S/C16H13Cl2F3N2O2/c1-2-7-25-12-5-3-9(16(19,20)21)8-11(12)22-15(24)10-4-6-13(17)23-14(10)18/h3-6,8H,2,7H2,1H3,(H,22,24). The molecular formula is C16H13Cl2F3N2O2. The largest absolute Gasteiger partial charge is 0.491 e. The Balaban J connectivity index is 2.36. The molecule has 0 unspecified atom stereocenters. The second kappa shape index (κ2) is 7.93. The van der Waals surface area contributed by atoms with Crippen LogP contribution in [0.3, 0.4) is 0 Å². The van der Waals surface area contributed by atoms with Gasteiger partial charge in [-0.25, -0.2) is 4.98 Å². The average molecular weight is 393 g/mol. The first-order chi connectivity index (χ1) is 11.7. The van der Waals surface area contributed by atoms with E-state index in [0.717, 1.165) is 18.2 Å². The number of pyridine rings is 1. The first-order valence-electron chi connectivity index (χ1n) is 7.19. The minimum absolute atomic E-state index is 0.0232. The van der Waals surface area contributed by atoms with Crippen LogP contribution in [0.4, 0.5) is 18.9 Å². The summed E-state index contributed by atoms with van der Waals surface area (Å²) in [7, 11) is 0. The number of halogens is 5. The Morgan fingerprint density at radius 2 is 1.96 bits per heavy atom. The van der Waals surface area contributed by atoms with E-state index in [9.17, 15) is 18.0 Å². The van der Waals surface area contributed by atoms with Crippen molar-refractivity contribution in [3.05, 3.63) is 51.8 Å². The molecule has 4 nitrogen and oxygen atoms in total. The van der Waals surface area contributed by atoms with Crippen LogP contribution < -0.4 is 10.1 Å². The summed E-state index contributed by atoms with van der Waals surface area (Å²) < 4.78 is 44.2. The van der Waals surface area contributed by atoms with Gasteiger partial charge in [-0.2, -0.15) is 13.2 Å². The third-order valence-electron chi connectivity index (χ3n) is 3.08. The molecule has 1 amide bonds. The van der Waals surface area contributed by atoms with Crippen molar-refractivity contribution in [2.75, 3.05) is 11.9 Å². The second-order valence-corrected chi connectivity index (χ2v) is 5.73. The van der Waals surface area contributed by atoms with Crippen molar-refractivity contribution in [1.29, 1.82) is 0 Å². The third-order valence-corrected chi connectivity index (χ3v) is 3.57. The number of aromatic nitrogens is 1. The molecule has 1 aromatic heterocycles. The maximum absolute atomic E-state index is 12.9. The number of carbonyl (C=O) groups is 1. The summed E-state index contributed by atoms with van der Waals surface area (Å²) >= 11 is 11.5. The first kappa shape index (κ1) is 19.3. The number of nitrogens with zero attached hydrogens (tertiary/aromatic N) is 1. The molecule has 0 bridgehead atoms. The van der Waals surface area contributed by atoms with Crippen molar-refractivity contribution in [3.8, 4) is 5.75 Å². The minimum atomic E-state index is -4.55. The zero-order valence-corrected chi connectivity index (χ0v) is 14.5. The van der Waals surface area contributed by atoms with E-state index >= 15 is 0 Å². The Bertz CT molecular complexity index is 782. The molecule has 0 spiro atoms. The van der Waals surface area contributed by atoms with Gasteiger partial charge in [-0.3, -0.25) is 4.79 Å². The van der Waals surface area contributed by atoms with E-state index in [-0.39, 0.29) is 33.9 Å². The third kappa shape index (κ3) is 4.99. The lowest BCUT2D eigenvalue weighted by atomic mass is 10.1. The molecule has 1 aromatic carbocycles. The molecule has 2 rings (SSSR count). The van der Waals surface area contributed by atoms with Crippen LogP contribution in [0, 0.1) is 0 Å². The van der Waals surface area contributed by atoms with Gasteiger partial charge in [0.25, 0.3) is 5.91 Å². The van der Waals surface area contributed by atoms with Crippen LogP contribution in [0.2, 0.25) is 10.3 Å². The van der Waals surface area contributed by atoms with Gasteiger partial charge in [0.2, 0.25) is 0 Å². The van der Waals surface area contributed by atoms with Crippen LogP contribution in [-0.4, -0.2) is 17.5 Å². The lowest BCUT2D eigenvalue weighted by Crippen LogP contribution is -2.15. The molecule has 0 saturated heterocycles. The zero-order chi connectivity index (χ0) is 18.6. The fourth-order valence-corrected chi connectivity index (χ4v) is 2.34. The van der Waals surface area contributed by atoms with Gasteiger partial charge in [0.05, 0.1) is 23.4 Å². The zero-order valence-electron chi connectivity index (χ0n) is 13.0. The number of nitrogens with one attached hydrogen (secondary N) is 1. The van der Waals surface area contributed by atoms with E-state index in [1.165, 1.54) is 12.1 Å². The fourth-order valence-electron chi connectivity index (χ4n) is 1.91. The Morgan fingerprint density at radius 3 is 2.56 bits per heavy atom. The van der Waals surface area contributed by atoms with Gasteiger partial charge < -0.3 is 10.1 Å². The maximum atomic E-state index is 12.9. The number of anilines is 1. The number of benzene rings is 1. The highest BCUT2D eigenvalue weighted by Crippen LogP contribution is 2.35. The molecule has 0 radical (unpaired) electrons. The van der Waals surface area contributed by atoms with Crippen molar-refractivity contribution < 1.29 is 22.7 Å². The van der Waals surface area contributed by atoms with Crippen molar-refractivity contribution >= 4 is 34.8 Å². The molecule has 0 atom stereocenters. The smallest absolute Gasteiger partial charge is 0.416 e. The van der Waals surface area contributed by atoms with Gasteiger partial charge in [0.1, 0.15) is 16.1 Å². The molecular weight excluding hydrogens is 380 g/mol. The number of carbonyl (C=O) groups excluding carboxylic acids is 1. The Kier molecular flexibility index (Phi) is 6.13. The highest BCUT2D eigenvalue weighted by molar-refractivity contribution is 6.35. The molecule has 0 aliphatic carbocycles. The van der Waals surface area contributed by atoms with Crippen molar-refractivity contribution in [2.45, 2.75) is 19.5 Å². The van der Waals surface area contributed by atoms with Crippen molar-refractivity contribution in [3.63, 3.8) is 0 Å². The van der Waals surface area contributed by atoms with Gasteiger partial charge in [0.15, 0.2) is 0 Å². The summed E-state index contributed by atoms with van der Waals surface area (Å²) in [5.41, 5.74) is -1.05. The van der Waals surface area contributed by atoms with Gasteiger partial charge in [-0.05, 0) is 36.8 Å². The normalized spacial score (nSPS) is 11.3. The summed E-state index contributed by atoms with van der Waals surface area (Å²) in [4.78, 5) is 16.0. The van der Waals surface area contributed by atoms with Crippen LogP contribution in [0.25, 0.3) is 0 Å². The second-order valence-electron chi connectivity index (χ2n) is 4.98. The number of hydrogen-bond acceptors (Lipinski definition) is 3. The van der Waals surface area contributed by atoms with E-state index in [4.69, 9.17) is 27.9 Å². The van der Waals surface area contributed by atoms with Gasteiger partial charge in [-0.1, -0.05) is 30.1 Å². The first-order valence-corrected chi connectivity index (χ1v) is 7.95. The van der Waals surface area contributed by atoms with E-state index in [2.05, 4.69) is 10.3 Å². The SMILES string of the molecule is CCCOc1ccc(C(F)(F)F)cc1NC(=O)c1ccc(Cl)nc1Cl. The summed E-state index contributed by atoms with van der Waals surface area (Å²) in [6.07, 6.45) is -3.90. The van der Waals surface area contributed by atoms with E-state index < -0.39 is 17.6 Å². The van der Waals surface area contributed by atoms with Crippen LogP contribution in [0.15, 0.2) is 30.3 Å². The van der Waals surface area contributed by atoms with Gasteiger partial charge in [0, 0.05) is 0 Å². The molecule has 1 heterocycles. The van der Waals surface area contributed by atoms with Crippen LogP contribution in [-0.2, 0) is 6.18 Å². The molecule has 1 N–H and O–H groups in total. The number of rotatable bonds is 5. The molecule has 2 aromatic rings. The quantitative estimate of drug-likeness (QED) is 0.688. The highest BCUT2D eigenvalue weighted by atomic mass is 35.5. The Hall–Kier alpha value is -1.99. The summed E-state index contributed by atoms with van der Waals surface area (Å²) in [5, 5.41) is 2.31. The minimum Gasteiger partial charge on any atom is -0.491 e. The topological polar surface area (TPSA) is 51.2 Å². The predicted octanol–water partition coefficient (Wildman–Crippen LogP) is 5.45. The number of alkyl halides is 3. The summed E-state index contributed by atoms with van der Waals surface area (Å²) in [5.74, 6) is -0.601. The molecule has 0 aliphatic heterocycles. The Morgan fingerprint density at radius 1 is 1.24 bits per heavy atom. The van der Waals surface area contributed by atoms with E-state index in [0.29, 0.717) is 6.42 Å². The van der Waals surface area contributed by atoms with Crippen LogP contribution in [0.5, 0.6) is 5.75 Å². The van der Waals surface area contributed by atoms with Gasteiger partial charge in [-0.15, -0.1) is 0 Å². The maximum Gasteiger partial charge on any atom is 0.416 e. The molecule has 0 fully saturated rings. The fraction of sp³-hybridized carbons (Fsp3) is 0.250. The lowest BCUT2D eigenvalue weighted by Gasteiger charge is -2.15. The summed E-state index contributed by atoms with van der Waals surface area (Å²) in [6, 6.07) is 5.53. The van der Waals surface area contributed by atoms with Gasteiger partial charge >= 0.3 is 6.18 Å². The summed E-state index contributed by atoms with van der Waals surface area (Å²) in [6.45, 7) is 2.14. The van der Waals surface area contributed by atoms with E-state index in [1.807, 2.05) is 6.92 Å². The van der Waals surface area contributed by atoms with Crippen LogP contribution >= 0.6 is 23.2 Å². The van der Waals surface area contributed by atoms with Crippen molar-refractivity contribution in [1.82, 2.24) is 4.98 Å². The predicted molar refractivity (Wildman–Crippen MR) is 89.4 cm³/mol. The number of amides is 1. The molecule has 9 heteroatoms. The molecule has 0 saturated carbocycles. The van der Waals surface area contributed by atoms with Crippen molar-refractivity contribution in [2.24, 2.45) is 0 Å². The monoisotopic (exact) mass is 392 g/mol. The molecule has 25 heavy (non-hydrogen) atoms. The highest BCUT2D eigenvalue weighted by Gasteiger charge is 2.31. The average Bonchev–Trinajstić information content (AvgIpc) is 2.52. The number of hydrogen-bond donors (Lipinski definition) is 1. The van der Waals surface area contributed by atoms with E-state index in [1.54, 1.807) is 0 Å². The Labute approximate surface area is 151 Å². The lowest BCUT2D eigenvalue weighted by molar-refractivity contribution is -0.137. The van der Waals surface area contributed by atoms with Crippen LogP contribution in [0.1, 0.15) is 29.3 Å².